The van der Waals surface area contributed by atoms with E-state index < -0.39 is 15.9 Å². The third kappa shape index (κ3) is 3.95. The number of fused-ring (bicyclic) bond motifs is 1. The first-order valence-electron chi connectivity index (χ1n) is 8.56. The number of rotatable bonds is 6. The molecule has 146 valence electrons. The van der Waals surface area contributed by atoms with Crippen LogP contribution in [0.4, 0.5) is 0 Å². The second kappa shape index (κ2) is 7.91. The molecule has 0 spiro atoms. The average molecular weight is 400 g/mol. The van der Waals surface area contributed by atoms with Crippen LogP contribution in [0.15, 0.2) is 64.4 Å². The summed E-state index contributed by atoms with van der Waals surface area (Å²) in [4.78, 5) is 24.8. The van der Waals surface area contributed by atoms with Crippen LogP contribution in [0.3, 0.4) is 0 Å². The minimum absolute atomic E-state index is 0.0394. The molecule has 0 aliphatic rings. The van der Waals surface area contributed by atoms with Gasteiger partial charge >= 0.3 is 0 Å². The van der Waals surface area contributed by atoms with Gasteiger partial charge in [-0.1, -0.05) is 24.3 Å². The number of aromatic nitrogens is 2. The summed E-state index contributed by atoms with van der Waals surface area (Å²) in [7, 11) is -0.771. The van der Waals surface area contributed by atoms with Gasteiger partial charge in [-0.15, -0.1) is 0 Å². The molecule has 0 fully saturated rings. The van der Waals surface area contributed by atoms with Crippen molar-refractivity contribution in [3.63, 3.8) is 0 Å². The van der Waals surface area contributed by atoms with Gasteiger partial charge in [-0.05, 0) is 24.3 Å². The molecule has 0 atom stereocenters. The van der Waals surface area contributed by atoms with E-state index in [1.807, 2.05) is 12.1 Å². The van der Waals surface area contributed by atoms with E-state index in [-0.39, 0.29) is 29.1 Å². The van der Waals surface area contributed by atoms with E-state index >= 15 is 0 Å². The molecule has 0 unspecified atom stereocenters. The fraction of sp³-hybridized carbons (Fsp3) is 0.211. The van der Waals surface area contributed by atoms with Gasteiger partial charge in [0.2, 0.25) is 10.0 Å². The first-order valence-corrected chi connectivity index (χ1v) is 10.0. The minimum atomic E-state index is -3.62. The summed E-state index contributed by atoms with van der Waals surface area (Å²) in [6.45, 7) is 0.375. The largest absolute Gasteiger partial charge is 0.350 e. The minimum Gasteiger partial charge on any atom is -0.350 e. The summed E-state index contributed by atoms with van der Waals surface area (Å²) in [5.74, 6) is -0.426. The molecule has 9 heteroatoms. The maximum absolute atomic E-state index is 12.4. The van der Waals surface area contributed by atoms with E-state index in [9.17, 15) is 18.0 Å². The Balaban J connectivity index is 1.70. The highest BCUT2D eigenvalue weighted by atomic mass is 32.2. The van der Waals surface area contributed by atoms with Gasteiger partial charge in [-0.3, -0.25) is 9.59 Å². The van der Waals surface area contributed by atoms with E-state index in [1.54, 1.807) is 18.3 Å². The molecule has 1 N–H and O–H groups in total. The Labute approximate surface area is 162 Å². The third-order valence-corrected chi connectivity index (χ3v) is 6.06. The summed E-state index contributed by atoms with van der Waals surface area (Å²) in [6.07, 6.45) is 1.61. The molecule has 1 heterocycles. The highest BCUT2D eigenvalue weighted by molar-refractivity contribution is 7.89. The number of amides is 1. The Kier molecular flexibility index (Phi) is 5.57. The molecule has 0 saturated heterocycles. The van der Waals surface area contributed by atoms with Crippen LogP contribution in [-0.2, 0) is 16.6 Å². The molecule has 0 aliphatic heterocycles. The van der Waals surface area contributed by atoms with Crippen molar-refractivity contribution in [2.45, 2.75) is 11.4 Å². The van der Waals surface area contributed by atoms with Crippen LogP contribution in [0.25, 0.3) is 10.8 Å². The zero-order chi connectivity index (χ0) is 20.3. The van der Waals surface area contributed by atoms with Crippen molar-refractivity contribution in [3.8, 4) is 0 Å². The van der Waals surface area contributed by atoms with Crippen LogP contribution in [0.5, 0.6) is 0 Å². The second-order valence-electron chi connectivity index (χ2n) is 6.33. The molecule has 3 rings (SSSR count). The predicted molar refractivity (Wildman–Crippen MR) is 106 cm³/mol. The van der Waals surface area contributed by atoms with Gasteiger partial charge in [0, 0.05) is 31.6 Å². The Morgan fingerprint density at radius 2 is 1.89 bits per heavy atom. The summed E-state index contributed by atoms with van der Waals surface area (Å²) in [6, 6.07) is 13.0. The van der Waals surface area contributed by atoms with Crippen LogP contribution in [0, 0.1) is 0 Å². The molecule has 0 saturated carbocycles. The number of carbonyl (C=O) groups excluding carboxylic acids is 1. The summed E-state index contributed by atoms with van der Waals surface area (Å²) in [5, 5.41) is 8.11. The first kappa shape index (κ1) is 19.7. The molecule has 0 radical (unpaired) electrons. The van der Waals surface area contributed by atoms with E-state index in [1.165, 1.54) is 43.0 Å². The van der Waals surface area contributed by atoms with Crippen LogP contribution in [0.1, 0.15) is 10.4 Å². The van der Waals surface area contributed by atoms with Crippen molar-refractivity contribution in [1.29, 1.82) is 0 Å². The van der Waals surface area contributed by atoms with Crippen molar-refractivity contribution in [2.24, 2.45) is 0 Å². The number of hydrogen-bond donors (Lipinski definition) is 1. The van der Waals surface area contributed by atoms with Crippen molar-refractivity contribution < 1.29 is 13.2 Å². The number of nitrogens with zero attached hydrogens (tertiary/aromatic N) is 3. The third-order valence-electron chi connectivity index (χ3n) is 4.25. The van der Waals surface area contributed by atoms with Crippen LogP contribution < -0.4 is 10.9 Å². The van der Waals surface area contributed by atoms with Crippen molar-refractivity contribution in [3.05, 3.63) is 70.6 Å². The SMILES string of the molecule is CN(C)S(=O)(=O)c1cccc(C(=O)NCCn2ncc3ccccc3c2=O)c1. The van der Waals surface area contributed by atoms with Gasteiger partial charge in [-0.25, -0.2) is 17.4 Å². The highest BCUT2D eigenvalue weighted by Gasteiger charge is 2.18. The molecule has 3 aromatic rings. The lowest BCUT2D eigenvalue weighted by atomic mass is 10.2. The first-order chi connectivity index (χ1) is 13.3. The van der Waals surface area contributed by atoms with Crippen molar-refractivity contribution in [2.75, 3.05) is 20.6 Å². The zero-order valence-electron chi connectivity index (χ0n) is 15.5. The van der Waals surface area contributed by atoms with E-state index in [4.69, 9.17) is 0 Å². The average Bonchev–Trinajstić information content (AvgIpc) is 2.69. The summed E-state index contributed by atoms with van der Waals surface area (Å²) >= 11 is 0. The molecule has 8 nitrogen and oxygen atoms in total. The number of hydrogen-bond acceptors (Lipinski definition) is 5. The molecule has 1 amide bonds. The number of benzene rings is 2. The van der Waals surface area contributed by atoms with Crippen LogP contribution in [0.2, 0.25) is 0 Å². The quantitative estimate of drug-likeness (QED) is 0.667. The lowest BCUT2D eigenvalue weighted by Gasteiger charge is -2.12. The van der Waals surface area contributed by atoms with Gasteiger partial charge < -0.3 is 5.32 Å². The van der Waals surface area contributed by atoms with Gasteiger partial charge in [0.1, 0.15) is 0 Å². The van der Waals surface area contributed by atoms with Gasteiger partial charge in [-0.2, -0.15) is 5.10 Å². The standard InChI is InChI=1S/C19H20N4O4S/c1-22(2)28(26,27)16-8-5-7-14(12-16)18(24)20-10-11-23-19(25)17-9-4-3-6-15(17)13-21-23/h3-9,12-13H,10-11H2,1-2H3,(H,20,24). The van der Waals surface area contributed by atoms with Gasteiger partial charge in [0.25, 0.3) is 11.5 Å². The lowest BCUT2D eigenvalue weighted by Crippen LogP contribution is -2.32. The van der Waals surface area contributed by atoms with E-state index in [0.29, 0.717) is 5.39 Å². The van der Waals surface area contributed by atoms with Crippen LogP contribution >= 0.6 is 0 Å². The molecular formula is C19H20N4O4S. The Bertz CT molecular complexity index is 1190. The predicted octanol–water partition coefficient (Wildman–Crippen LogP) is 1.08. The van der Waals surface area contributed by atoms with E-state index in [2.05, 4.69) is 10.4 Å². The Morgan fingerprint density at radius 1 is 1.14 bits per heavy atom. The van der Waals surface area contributed by atoms with Crippen molar-refractivity contribution in [1.82, 2.24) is 19.4 Å². The Hall–Kier alpha value is -3.04. The summed E-state index contributed by atoms with van der Waals surface area (Å²) < 4.78 is 26.8. The highest BCUT2D eigenvalue weighted by Crippen LogP contribution is 2.14. The number of nitrogens with one attached hydrogen (secondary N) is 1. The smallest absolute Gasteiger partial charge is 0.274 e. The molecule has 28 heavy (non-hydrogen) atoms. The fourth-order valence-corrected chi connectivity index (χ4v) is 3.62. The molecule has 0 aliphatic carbocycles. The van der Waals surface area contributed by atoms with Gasteiger partial charge in [0.05, 0.1) is 23.0 Å². The fourth-order valence-electron chi connectivity index (χ4n) is 2.67. The van der Waals surface area contributed by atoms with Gasteiger partial charge in [0.15, 0.2) is 0 Å². The van der Waals surface area contributed by atoms with E-state index in [0.717, 1.165) is 9.69 Å². The summed E-state index contributed by atoms with van der Waals surface area (Å²) in [5.41, 5.74) is -0.00633. The molecule has 1 aromatic heterocycles. The Morgan fingerprint density at radius 3 is 2.64 bits per heavy atom. The van der Waals surface area contributed by atoms with Crippen LogP contribution in [-0.4, -0.2) is 49.1 Å². The van der Waals surface area contributed by atoms with Crippen molar-refractivity contribution >= 4 is 26.7 Å². The maximum Gasteiger partial charge on any atom is 0.274 e. The lowest BCUT2D eigenvalue weighted by molar-refractivity contribution is 0.0951. The molecular weight excluding hydrogens is 380 g/mol. The molecule has 0 bridgehead atoms. The normalized spacial score (nSPS) is 11.7. The molecule has 2 aromatic carbocycles. The monoisotopic (exact) mass is 400 g/mol. The zero-order valence-corrected chi connectivity index (χ0v) is 16.3. The number of carbonyl (C=O) groups is 1. The maximum atomic E-state index is 12.4. The second-order valence-corrected chi connectivity index (χ2v) is 8.48. The number of sulfonamides is 1. The topological polar surface area (TPSA) is 101 Å².